The van der Waals surface area contributed by atoms with Crippen molar-refractivity contribution in [2.24, 2.45) is 0 Å². The van der Waals surface area contributed by atoms with Gasteiger partial charge in [-0.1, -0.05) is 30.9 Å². The zero-order valence-corrected chi connectivity index (χ0v) is 13.4. The number of rotatable bonds is 4. The van der Waals surface area contributed by atoms with Crippen molar-refractivity contribution in [3.63, 3.8) is 0 Å². The molecule has 0 aromatic heterocycles. The maximum atomic E-state index is 12.1. The average molecular weight is 325 g/mol. The Kier molecular flexibility index (Phi) is 5.66. The van der Waals surface area contributed by atoms with Gasteiger partial charge in [-0.2, -0.15) is 0 Å². The molecule has 0 aliphatic heterocycles. The van der Waals surface area contributed by atoms with E-state index >= 15 is 0 Å². The van der Waals surface area contributed by atoms with Crippen molar-refractivity contribution in [1.29, 1.82) is 0 Å². The summed E-state index contributed by atoms with van der Waals surface area (Å²) in [6.45, 7) is 1.56. The molecule has 120 valence electrons. The number of nitrogen functional groups attached to an aromatic ring is 1. The van der Waals surface area contributed by atoms with Crippen LogP contribution in [0.2, 0.25) is 5.02 Å². The summed E-state index contributed by atoms with van der Waals surface area (Å²) >= 11 is 5.81. The lowest BCUT2D eigenvalue weighted by Gasteiger charge is -2.24. The fourth-order valence-corrected chi connectivity index (χ4v) is 2.64. The van der Waals surface area contributed by atoms with Crippen LogP contribution in [-0.4, -0.2) is 24.0 Å². The van der Waals surface area contributed by atoms with Gasteiger partial charge in [-0.05, 0) is 38.0 Å². The molecule has 1 aliphatic carbocycles. The highest BCUT2D eigenvalue weighted by atomic mass is 35.5. The minimum Gasteiger partial charge on any atom is -0.449 e. The maximum absolute atomic E-state index is 12.1. The molecule has 1 fully saturated rings. The molecule has 0 radical (unpaired) electrons. The number of esters is 1. The van der Waals surface area contributed by atoms with Gasteiger partial charge in [-0.3, -0.25) is 4.79 Å². The smallest absolute Gasteiger partial charge is 0.338 e. The Morgan fingerprint density at radius 3 is 2.64 bits per heavy atom. The number of anilines is 1. The van der Waals surface area contributed by atoms with Gasteiger partial charge in [0.15, 0.2) is 6.10 Å². The molecule has 1 aromatic rings. The SMILES string of the molecule is CC(OC(=O)c1ccc(Cl)c(N)c1)C(=O)NC1CCCCC1. The predicted molar refractivity (Wildman–Crippen MR) is 85.8 cm³/mol. The molecule has 22 heavy (non-hydrogen) atoms. The van der Waals surface area contributed by atoms with E-state index < -0.39 is 12.1 Å². The second kappa shape index (κ2) is 7.49. The molecule has 6 heteroatoms. The second-order valence-electron chi connectivity index (χ2n) is 5.63. The first kappa shape index (κ1) is 16.6. The fourth-order valence-electron chi connectivity index (χ4n) is 2.52. The topological polar surface area (TPSA) is 81.4 Å². The van der Waals surface area contributed by atoms with Crippen molar-refractivity contribution in [1.82, 2.24) is 5.32 Å². The van der Waals surface area contributed by atoms with Crippen LogP contribution in [-0.2, 0) is 9.53 Å². The minimum atomic E-state index is -0.841. The summed E-state index contributed by atoms with van der Waals surface area (Å²) in [5, 5.41) is 3.31. The third kappa shape index (κ3) is 4.37. The molecule has 5 nitrogen and oxygen atoms in total. The van der Waals surface area contributed by atoms with E-state index in [1.54, 1.807) is 6.92 Å². The first-order valence-corrected chi connectivity index (χ1v) is 7.91. The summed E-state index contributed by atoms with van der Waals surface area (Å²) in [5.41, 5.74) is 6.23. The van der Waals surface area contributed by atoms with Crippen LogP contribution in [0.15, 0.2) is 18.2 Å². The Labute approximate surface area is 135 Å². The van der Waals surface area contributed by atoms with Crippen LogP contribution in [0.1, 0.15) is 49.4 Å². The van der Waals surface area contributed by atoms with E-state index in [0.717, 1.165) is 25.7 Å². The van der Waals surface area contributed by atoms with E-state index in [-0.39, 0.29) is 17.5 Å². The molecular formula is C16H21ClN2O3. The molecular weight excluding hydrogens is 304 g/mol. The fraction of sp³-hybridized carbons (Fsp3) is 0.500. The van der Waals surface area contributed by atoms with Gasteiger partial charge in [0.2, 0.25) is 0 Å². The van der Waals surface area contributed by atoms with Crippen LogP contribution in [0, 0.1) is 0 Å². The third-order valence-electron chi connectivity index (χ3n) is 3.84. The lowest BCUT2D eigenvalue weighted by molar-refractivity contribution is -0.130. The number of carbonyl (C=O) groups is 2. The van der Waals surface area contributed by atoms with Crippen LogP contribution in [0.25, 0.3) is 0 Å². The molecule has 0 spiro atoms. The Morgan fingerprint density at radius 2 is 2.00 bits per heavy atom. The normalized spacial score (nSPS) is 16.8. The summed E-state index contributed by atoms with van der Waals surface area (Å²) in [7, 11) is 0. The van der Waals surface area contributed by atoms with Crippen LogP contribution in [0.3, 0.4) is 0 Å². The van der Waals surface area contributed by atoms with E-state index in [2.05, 4.69) is 5.32 Å². The van der Waals surface area contributed by atoms with Gasteiger partial charge in [0.1, 0.15) is 0 Å². The summed E-state index contributed by atoms with van der Waals surface area (Å²) < 4.78 is 5.18. The summed E-state index contributed by atoms with van der Waals surface area (Å²) in [5.74, 6) is -0.850. The van der Waals surface area contributed by atoms with E-state index in [1.165, 1.54) is 24.6 Å². The molecule has 3 N–H and O–H groups in total. The second-order valence-corrected chi connectivity index (χ2v) is 6.03. The number of carbonyl (C=O) groups excluding carboxylic acids is 2. The van der Waals surface area contributed by atoms with Crippen molar-refractivity contribution in [3.05, 3.63) is 28.8 Å². The van der Waals surface area contributed by atoms with Crippen molar-refractivity contribution in [2.45, 2.75) is 51.2 Å². The number of nitrogens with two attached hydrogens (primary N) is 1. The van der Waals surface area contributed by atoms with Gasteiger partial charge in [-0.25, -0.2) is 4.79 Å². The zero-order chi connectivity index (χ0) is 16.1. The summed E-state index contributed by atoms with van der Waals surface area (Å²) in [6.07, 6.45) is 4.60. The van der Waals surface area contributed by atoms with Gasteiger partial charge in [0.25, 0.3) is 5.91 Å². The van der Waals surface area contributed by atoms with Gasteiger partial charge >= 0.3 is 5.97 Å². The minimum absolute atomic E-state index is 0.188. The molecule has 0 bridgehead atoms. The number of ether oxygens (including phenoxy) is 1. The zero-order valence-electron chi connectivity index (χ0n) is 12.6. The van der Waals surface area contributed by atoms with Gasteiger partial charge in [0.05, 0.1) is 16.3 Å². The van der Waals surface area contributed by atoms with E-state index in [9.17, 15) is 9.59 Å². The number of nitrogens with one attached hydrogen (secondary N) is 1. The van der Waals surface area contributed by atoms with Gasteiger partial charge < -0.3 is 15.8 Å². The number of halogens is 1. The Bertz CT molecular complexity index is 556. The highest BCUT2D eigenvalue weighted by Crippen LogP contribution is 2.20. The molecule has 0 heterocycles. The van der Waals surface area contributed by atoms with Crippen LogP contribution >= 0.6 is 11.6 Å². The number of hydrogen-bond donors (Lipinski definition) is 2. The lowest BCUT2D eigenvalue weighted by Crippen LogP contribution is -2.42. The lowest BCUT2D eigenvalue weighted by atomic mass is 9.95. The van der Waals surface area contributed by atoms with Crippen molar-refractivity contribution in [2.75, 3.05) is 5.73 Å². The molecule has 2 rings (SSSR count). The molecule has 1 atom stereocenters. The molecule has 1 unspecified atom stereocenters. The van der Waals surface area contributed by atoms with E-state index in [1.807, 2.05) is 0 Å². The molecule has 0 saturated heterocycles. The first-order valence-electron chi connectivity index (χ1n) is 7.53. The quantitative estimate of drug-likeness (QED) is 0.659. The highest BCUT2D eigenvalue weighted by molar-refractivity contribution is 6.33. The summed E-state index contributed by atoms with van der Waals surface area (Å²) in [4.78, 5) is 24.1. The third-order valence-corrected chi connectivity index (χ3v) is 4.18. The number of benzene rings is 1. The molecule has 1 aromatic carbocycles. The first-order chi connectivity index (χ1) is 10.5. The largest absolute Gasteiger partial charge is 0.449 e. The van der Waals surface area contributed by atoms with Crippen LogP contribution in [0.5, 0.6) is 0 Å². The van der Waals surface area contributed by atoms with Gasteiger partial charge in [-0.15, -0.1) is 0 Å². The molecule has 1 amide bonds. The van der Waals surface area contributed by atoms with E-state index in [0.29, 0.717) is 10.7 Å². The Morgan fingerprint density at radius 1 is 1.32 bits per heavy atom. The number of hydrogen-bond acceptors (Lipinski definition) is 4. The standard InChI is InChI=1S/C16H21ClN2O3/c1-10(15(20)19-12-5-3-2-4-6-12)22-16(21)11-7-8-13(17)14(18)9-11/h7-10,12H,2-6,18H2,1H3,(H,19,20). The van der Waals surface area contributed by atoms with Gasteiger partial charge in [0, 0.05) is 6.04 Å². The average Bonchev–Trinajstić information content (AvgIpc) is 2.50. The van der Waals surface area contributed by atoms with E-state index in [4.69, 9.17) is 22.1 Å². The van der Waals surface area contributed by atoms with Crippen molar-refractivity contribution >= 4 is 29.2 Å². The van der Waals surface area contributed by atoms with Crippen LogP contribution < -0.4 is 11.1 Å². The monoisotopic (exact) mass is 324 g/mol. The van der Waals surface area contributed by atoms with Crippen molar-refractivity contribution < 1.29 is 14.3 Å². The Balaban J connectivity index is 1.89. The highest BCUT2D eigenvalue weighted by Gasteiger charge is 2.23. The summed E-state index contributed by atoms with van der Waals surface area (Å²) in [6, 6.07) is 4.68. The predicted octanol–water partition coefficient (Wildman–Crippen LogP) is 2.92. The molecule has 1 aliphatic rings. The molecule has 1 saturated carbocycles. The van der Waals surface area contributed by atoms with Crippen molar-refractivity contribution in [3.8, 4) is 0 Å². The Hall–Kier alpha value is -1.75. The number of amides is 1. The van der Waals surface area contributed by atoms with Crippen LogP contribution in [0.4, 0.5) is 5.69 Å². The maximum Gasteiger partial charge on any atom is 0.338 e.